The normalized spacial score (nSPS) is 27.4. The molecule has 1 aliphatic heterocycles. The maximum atomic E-state index is 10.4. The van der Waals surface area contributed by atoms with Gasteiger partial charge in [0.2, 0.25) is 0 Å². The first-order valence-electron chi connectivity index (χ1n) is 7.16. The first-order chi connectivity index (χ1) is 10.2. The van der Waals surface area contributed by atoms with Gasteiger partial charge >= 0.3 is 0 Å². The van der Waals surface area contributed by atoms with E-state index in [1.54, 1.807) is 6.08 Å². The van der Waals surface area contributed by atoms with Crippen LogP contribution in [0.1, 0.15) is 5.56 Å². The zero-order valence-electron chi connectivity index (χ0n) is 12.1. The van der Waals surface area contributed by atoms with E-state index in [9.17, 15) is 10.2 Å². The van der Waals surface area contributed by atoms with Crippen molar-refractivity contribution in [3.8, 4) is 0 Å². The van der Waals surface area contributed by atoms with Gasteiger partial charge in [0.05, 0.1) is 31.0 Å². The highest BCUT2D eigenvalue weighted by molar-refractivity contribution is 5.13. The summed E-state index contributed by atoms with van der Waals surface area (Å²) in [5.41, 5.74) is 1.06. The molecule has 0 amide bonds. The molecule has 2 N–H and O–H groups in total. The number of aliphatic hydroxyl groups excluding tert-OH is 2. The van der Waals surface area contributed by atoms with Crippen LogP contribution in [0.3, 0.4) is 0 Å². The molecule has 0 spiro atoms. The predicted octanol–water partition coefficient (Wildman–Crippen LogP) is 1.35. The zero-order valence-corrected chi connectivity index (χ0v) is 12.1. The van der Waals surface area contributed by atoms with Crippen LogP contribution in [0.15, 0.2) is 55.6 Å². The molecular weight excluding hydrogens is 266 g/mol. The maximum Gasteiger partial charge on any atom is 0.0997 e. The van der Waals surface area contributed by atoms with Gasteiger partial charge in [-0.3, -0.25) is 4.90 Å². The minimum Gasteiger partial charge on any atom is -0.389 e. The Balaban J connectivity index is 2.00. The Labute approximate surface area is 126 Å². The van der Waals surface area contributed by atoms with Crippen LogP contribution in [0.25, 0.3) is 0 Å². The maximum absolute atomic E-state index is 10.4. The van der Waals surface area contributed by atoms with Gasteiger partial charge in [0.15, 0.2) is 0 Å². The van der Waals surface area contributed by atoms with Crippen LogP contribution >= 0.6 is 0 Å². The van der Waals surface area contributed by atoms with Crippen molar-refractivity contribution >= 4 is 0 Å². The van der Waals surface area contributed by atoms with E-state index in [0.29, 0.717) is 19.7 Å². The Bertz CT molecular complexity index is 462. The van der Waals surface area contributed by atoms with E-state index in [1.807, 2.05) is 35.2 Å². The van der Waals surface area contributed by atoms with E-state index >= 15 is 0 Å². The quantitative estimate of drug-likeness (QED) is 0.744. The van der Waals surface area contributed by atoms with Crippen molar-refractivity contribution in [2.24, 2.45) is 0 Å². The second kappa shape index (κ2) is 7.52. The van der Waals surface area contributed by atoms with Gasteiger partial charge in [0, 0.05) is 13.1 Å². The molecule has 2 rings (SSSR count). The van der Waals surface area contributed by atoms with Gasteiger partial charge in [-0.1, -0.05) is 42.5 Å². The van der Waals surface area contributed by atoms with E-state index in [0.717, 1.165) is 5.56 Å². The fourth-order valence-corrected chi connectivity index (χ4v) is 2.75. The van der Waals surface area contributed by atoms with Crippen LogP contribution in [-0.2, 0) is 11.3 Å². The van der Waals surface area contributed by atoms with Crippen molar-refractivity contribution in [3.05, 3.63) is 61.2 Å². The molecule has 0 radical (unpaired) electrons. The summed E-state index contributed by atoms with van der Waals surface area (Å²) in [6.45, 7) is 8.92. The van der Waals surface area contributed by atoms with Crippen molar-refractivity contribution in [2.45, 2.75) is 31.0 Å². The largest absolute Gasteiger partial charge is 0.389 e. The van der Waals surface area contributed by atoms with Crippen molar-refractivity contribution in [2.75, 3.05) is 13.1 Å². The third-order valence-electron chi connectivity index (χ3n) is 3.83. The predicted molar refractivity (Wildman–Crippen MR) is 82.8 cm³/mol. The summed E-state index contributed by atoms with van der Waals surface area (Å²) in [6, 6.07) is 9.44. The first kappa shape index (κ1) is 15.9. The Morgan fingerprint density at radius 3 is 2.67 bits per heavy atom. The van der Waals surface area contributed by atoms with E-state index in [1.165, 1.54) is 6.08 Å². The number of aliphatic hydroxyl groups is 2. The molecule has 0 aromatic heterocycles. The Hall–Kier alpha value is -1.46. The van der Waals surface area contributed by atoms with Gasteiger partial charge in [0.25, 0.3) is 0 Å². The number of hydrogen-bond acceptors (Lipinski definition) is 4. The molecule has 21 heavy (non-hydrogen) atoms. The van der Waals surface area contributed by atoms with E-state index < -0.39 is 18.2 Å². The molecule has 4 nitrogen and oxygen atoms in total. The monoisotopic (exact) mass is 289 g/mol. The van der Waals surface area contributed by atoms with Crippen LogP contribution < -0.4 is 0 Å². The molecule has 114 valence electrons. The Kier molecular flexibility index (Phi) is 5.70. The average Bonchev–Trinajstić information content (AvgIpc) is 2.82. The molecule has 0 aliphatic carbocycles. The molecule has 1 saturated heterocycles. The lowest BCUT2D eigenvalue weighted by atomic mass is 10.0. The van der Waals surface area contributed by atoms with Crippen LogP contribution in [-0.4, -0.2) is 52.6 Å². The van der Waals surface area contributed by atoms with Gasteiger partial charge in [-0.2, -0.15) is 0 Å². The van der Waals surface area contributed by atoms with Crippen molar-refractivity contribution in [1.82, 2.24) is 4.90 Å². The molecule has 4 heteroatoms. The molecule has 1 fully saturated rings. The molecule has 1 aliphatic rings. The first-order valence-corrected chi connectivity index (χ1v) is 7.16. The summed E-state index contributed by atoms with van der Waals surface area (Å²) in [7, 11) is 0. The minimum absolute atomic E-state index is 0.329. The second-order valence-corrected chi connectivity index (χ2v) is 5.29. The smallest absolute Gasteiger partial charge is 0.0997 e. The van der Waals surface area contributed by atoms with E-state index in [4.69, 9.17) is 4.74 Å². The number of likely N-dealkylation sites (tertiary alicyclic amines) is 1. The number of benzene rings is 1. The summed E-state index contributed by atoms with van der Waals surface area (Å²) in [5, 5.41) is 20.4. The molecule has 1 aromatic carbocycles. The SMILES string of the molecule is C=CCN1C[C@@H](OCc2ccccc2)[C@@H](O)[C@H]1[C@@H](O)C=C. The highest BCUT2D eigenvalue weighted by Crippen LogP contribution is 2.25. The number of hydrogen-bond donors (Lipinski definition) is 2. The highest BCUT2D eigenvalue weighted by Gasteiger charge is 2.43. The minimum atomic E-state index is -0.787. The second-order valence-electron chi connectivity index (χ2n) is 5.29. The van der Waals surface area contributed by atoms with Gasteiger partial charge < -0.3 is 14.9 Å². The van der Waals surface area contributed by atoms with Crippen LogP contribution in [0, 0.1) is 0 Å². The average molecular weight is 289 g/mol. The summed E-state index contributed by atoms with van der Waals surface area (Å²) >= 11 is 0. The van der Waals surface area contributed by atoms with Gasteiger partial charge in [-0.05, 0) is 5.56 Å². The van der Waals surface area contributed by atoms with E-state index in [2.05, 4.69) is 13.2 Å². The van der Waals surface area contributed by atoms with Gasteiger partial charge in [0.1, 0.15) is 0 Å². The summed E-state index contributed by atoms with van der Waals surface area (Å²) < 4.78 is 5.83. The standard InChI is InChI=1S/C17H23NO3/c1-3-10-18-11-15(17(20)16(18)14(19)4-2)21-12-13-8-6-5-7-9-13/h3-9,14-17,19-20H,1-2,10-12H2/t14-,15+,16+,17+/m0/s1. The highest BCUT2D eigenvalue weighted by atomic mass is 16.5. The lowest BCUT2D eigenvalue weighted by Gasteiger charge is -2.27. The fraction of sp³-hybridized carbons (Fsp3) is 0.412. The van der Waals surface area contributed by atoms with Crippen LogP contribution in [0.2, 0.25) is 0 Å². The third kappa shape index (κ3) is 3.80. The lowest BCUT2D eigenvalue weighted by Crippen LogP contribution is -2.44. The number of ether oxygens (including phenoxy) is 1. The summed E-state index contributed by atoms with van der Waals surface area (Å²) in [6.07, 6.45) is 1.34. The lowest BCUT2D eigenvalue weighted by molar-refractivity contribution is -0.0376. The molecule has 1 aromatic rings. The van der Waals surface area contributed by atoms with Gasteiger partial charge in [-0.15, -0.1) is 13.2 Å². The van der Waals surface area contributed by atoms with Crippen molar-refractivity contribution < 1.29 is 14.9 Å². The molecule has 0 bridgehead atoms. The van der Waals surface area contributed by atoms with Crippen molar-refractivity contribution in [3.63, 3.8) is 0 Å². The van der Waals surface area contributed by atoms with Crippen LogP contribution in [0.5, 0.6) is 0 Å². The topological polar surface area (TPSA) is 52.9 Å². The fourth-order valence-electron chi connectivity index (χ4n) is 2.75. The van der Waals surface area contributed by atoms with Crippen molar-refractivity contribution in [1.29, 1.82) is 0 Å². The molecule has 0 unspecified atom stereocenters. The summed E-state index contributed by atoms with van der Waals surface area (Å²) in [4.78, 5) is 1.97. The molecule has 4 atom stereocenters. The molecule has 0 saturated carbocycles. The van der Waals surface area contributed by atoms with Crippen LogP contribution in [0.4, 0.5) is 0 Å². The Morgan fingerprint density at radius 2 is 2.05 bits per heavy atom. The Morgan fingerprint density at radius 1 is 1.33 bits per heavy atom. The number of rotatable bonds is 7. The zero-order chi connectivity index (χ0) is 15.2. The molecular formula is C17H23NO3. The summed E-state index contributed by atoms with van der Waals surface area (Å²) in [5.74, 6) is 0. The number of nitrogens with zero attached hydrogens (tertiary/aromatic N) is 1. The molecule has 1 heterocycles. The van der Waals surface area contributed by atoms with E-state index in [-0.39, 0.29) is 6.10 Å². The van der Waals surface area contributed by atoms with Gasteiger partial charge in [-0.25, -0.2) is 0 Å². The third-order valence-corrected chi connectivity index (χ3v) is 3.83.